The summed E-state index contributed by atoms with van der Waals surface area (Å²) in [7, 11) is 0. The highest BCUT2D eigenvalue weighted by atomic mass is 35.5. The van der Waals surface area contributed by atoms with Crippen molar-refractivity contribution in [1.82, 2.24) is 5.32 Å². The van der Waals surface area contributed by atoms with Crippen LogP contribution >= 0.6 is 11.6 Å². The number of amides is 2. The van der Waals surface area contributed by atoms with Crippen molar-refractivity contribution in [3.63, 3.8) is 0 Å². The van der Waals surface area contributed by atoms with E-state index in [1.54, 1.807) is 38.1 Å². The summed E-state index contributed by atoms with van der Waals surface area (Å²) in [5, 5.41) is 17.2. The molecular formula is C24H30ClN3O6. The lowest BCUT2D eigenvalue weighted by Crippen LogP contribution is -2.47. The third-order valence-corrected chi connectivity index (χ3v) is 5.12. The first-order valence-corrected chi connectivity index (χ1v) is 11.5. The average Bonchev–Trinajstić information content (AvgIpc) is 2.79. The van der Waals surface area contributed by atoms with E-state index in [-0.39, 0.29) is 39.4 Å². The Morgan fingerprint density at radius 1 is 1.06 bits per heavy atom. The number of carbonyl (C=O) groups is 2. The van der Waals surface area contributed by atoms with Gasteiger partial charge >= 0.3 is 0 Å². The summed E-state index contributed by atoms with van der Waals surface area (Å²) in [6.45, 7) is 8.07. The van der Waals surface area contributed by atoms with Gasteiger partial charge in [-0.15, -0.1) is 0 Å². The molecule has 0 aliphatic carbocycles. The van der Waals surface area contributed by atoms with E-state index in [1.165, 1.54) is 12.1 Å². The monoisotopic (exact) mass is 491 g/mol. The molecule has 184 valence electrons. The number of hydrogen-bond acceptors (Lipinski definition) is 6. The maximum atomic E-state index is 13.1. The van der Waals surface area contributed by atoms with Crippen LogP contribution in [0.1, 0.15) is 50.9 Å². The van der Waals surface area contributed by atoms with Crippen LogP contribution in [0.5, 0.6) is 11.5 Å². The second-order valence-electron chi connectivity index (χ2n) is 7.93. The Labute approximate surface area is 203 Å². The van der Waals surface area contributed by atoms with E-state index in [1.807, 2.05) is 13.8 Å². The lowest BCUT2D eigenvalue weighted by Gasteiger charge is -2.22. The predicted octanol–water partition coefficient (Wildman–Crippen LogP) is 5.22. The molecule has 34 heavy (non-hydrogen) atoms. The van der Waals surface area contributed by atoms with Crippen LogP contribution in [0, 0.1) is 16.0 Å². The summed E-state index contributed by atoms with van der Waals surface area (Å²) >= 11 is 6.10. The number of carbonyl (C=O) groups excluding carboxylic acids is 2. The fourth-order valence-electron chi connectivity index (χ4n) is 3.06. The van der Waals surface area contributed by atoms with Gasteiger partial charge in [0, 0.05) is 6.07 Å². The number of rotatable bonds is 12. The van der Waals surface area contributed by atoms with Crippen molar-refractivity contribution < 1.29 is 24.0 Å². The largest absolute Gasteiger partial charge is 0.490 e. The topological polar surface area (TPSA) is 120 Å². The van der Waals surface area contributed by atoms with Crippen LogP contribution in [-0.4, -0.2) is 36.0 Å². The first-order chi connectivity index (χ1) is 16.2. The molecule has 0 saturated heterocycles. The first-order valence-electron chi connectivity index (χ1n) is 11.1. The molecule has 2 rings (SSSR count). The van der Waals surface area contributed by atoms with Crippen molar-refractivity contribution in [3.8, 4) is 11.5 Å². The highest BCUT2D eigenvalue weighted by Gasteiger charge is 2.29. The van der Waals surface area contributed by atoms with Crippen LogP contribution in [0.15, 0.2) is 36.4 Å². The van der Waals surface area contributed by atoms with Gasteiger partial charge in [0.15, 0.2) is 11.5 Å². The minimum absolute atomic E-state index is 0.0532. The van der Waals surface area contributed by atoms with Gasteiger partial charge in [0.1, 0.15) is 11.7 Å². The van der Waals surface area contributed by atoms with Gasteiger partial charge in [-0.3, -0.25) is 19.7 Å². The smallest absolute Gasteiger partial charge is 0.296 e. The van der Waals surface area contributed by atoms with E-state index in [4.69, 9.17) is 21.1 Å². The number of nitrogens with zero attached hydrogens (tertiary/aromatic N) is 1. The quantitative estimate of drug-likeness (QED) is 0.310. The maximum Gasteiger partial charge on any atom is 0.296 e. The molecule has 0 aromatic heterocycles. The normalized spacial score (nSPS) is 11.6. The minimum atomic E-state index is -0.973. The van der Waals surface area contributed by atoms with E-state index in [2.05, 4.69) is 10.6 Å². The van der Waals surface area contributed by atoms with Crippen molar-refractivity contribution in [3.05, 3.63) is 57.1 Å². The number of nitro benzene ring substituents is 1. The van der Waals surface area contributed by atoms with Crippen molar-refractivity contribution in [2.75, 3.05) is 18.5 Å². The SMILES string of the molecule is CCCOc1cc(NC(=O)[C@@H](NC(=O)c2ccccc2Cl)C(C)C)c([N+](=O)[O-])cc1OCCC. The molecule has 0 bridgehead atoms. The van der Waals surface area contributed by atoms with Gasteiger partial charge in [-0.05, 0) is 30.9 Å². The zero-order valence-electron chi connectivity index (χ0n) is 19.7. The summed E-state index contributed by atoms with van der Waals surface area (Å²) in [4.78, 5) is 36.9. The molecule has 0 aliphatic heterocycles. The molecule has 0 heterocycles. The number of nitrogens with one attached hydrogen (secondary N) is 2. The summed E-state index contributed by atoms with van der Waals surface area (Å²) < 4.78 is 11.3. The van der Waals surface area contributed by atoms with Gasteiger partial charge in [-0.2, -0.15) is 0 Å². The summed E-state index contributed by atoms with van der Waals surface area (Å²) in [6, 6.07) is 8.12. The molecule has 2 aromatic rings. The Balaban J connectivity index is 2.35. The number of hydrogen-bond donors (Lipinski definition) is 2. The van der Waals surface area contributed by atoms with Crippen LogP contribution in [0.25, 0.3) is 0 Å². The summed E-state index contributed by atoms with van der Waals surface area (Å²) in [5.74, 6) is -0.926. The summed E-state index contributed by atoms with van der Waals surface area (Å²) in [6.07, 6.45) is 1.43. The lowest BCUT2D eigenvalue weighted by molar-refractivity contribution is -0.384. The molecule has 2 aromatic carbocycles. The molecule has 0 aliphatic rings. The zero-order valence-corrected chi connectivity index (χ0v) is 20.5. The number of benzene rings is 2. The van der Waals surface area contributed by atoms with Crippen molar-refractivity contribution in [2.24, 2.45) is 5.92 Å². The van der Waals surface area contributed by atoms with E-state index < -0.39 is 22.8 Å². The molecule has 0 fully saturated rings. The van der Waals surface area contributed by atoms with Gasteiger partial charge < -0.3 is 20.1 Å². The highest BCUT2D eigenvalue weighted by Crippen LogP contribution is 2.38. The Morgan fingerprint density at radius 2 is 1.65 bits per heavy atom. The van der Waals surface area contributed by atoms with E-state index >= 15 is 0 Å². The standard InChI is InChI=1S/C24H30ClN3O6/c1-5-11-33-20-13-18(19(28(31)32)14-21(20)34-12-6-2)26-24(30)22(15(3)4)27-23(29)16-9-7-8-10-17(16)25/h7-10,13-15,22H,5-6,11-12H2,1-4H3,(H,26,30)(H,27,29)/t22-/m0/s1. The molecule has 1 atom stereocenters. The molecule has 0 saturated carbocycles. The van der Waals surface area contributed by atoms with Gasteiger partial charge in [0.25, 0.3) is 11.6 Å². The third-order valence-electron chi connectivity index (χ3n) is 4.79. The molecule has 9 nitrogen and oxygen atoms in total. The van der Waals surface area contributed by atoms with E-state index in [0.717, 1.165) is 6.42 Å². The fourth-order valence-corrected chi connectivity index (χ4v) is 3.28. The van der Waals surface area contributed by atoms with Crippen molar-refractivity contribution in [2.45, 2.75) is 46.6 Å². The minimum Gasteiger partial charge on any atom is -0.490 e. The number of halogens is 1. The first kappa shape index (κ1) is 26.9. The Hall–Kier alpha value is -3.33. The number of ether oxygens (including phenoxy) is 2. The molecule has 2 amide bonds. The predicted molar refractivity (Wildman–Crippen MR) is 131 cm³/mol. The molecular weight excluding hydrogens is 462 g/mol. The summed E-state index contributed by atoms with van der Waals surface area (Å²) in [5.41, 5.74) is -0.174. The Kier molecular flexibility index (Phi) is 10.1. The average molecular weight is 492 g/mol. The molecule has 0 radical (unpaired) electrons. The van der Waals surface area contributed by atoms with Gasteiger partial charge in [0.2, 0.25) is 5.91 Å². The van der Waals surface area contributed by atoms with Crippen LogP contribution in [0.3, 0.4) is 0 Å². The zero-order chi connectivity index (χ0) is 25.3. The van der Waals surface area contributed by atoms with Crippen molar-refractivity contribution in [1.29, 1.82) is 0 Å². The van der Waals surface area contributed by atoms with E-state index in [0.29, 0.717) is 19.6 Å². The van der Waals surface area contributed by atoms with Gasteiger partial charge in [-0.1, -0.05) is 51.4 Å². The second-order valence-corrected chi connectivity index (χ2v) is 8.34. The van der Waals surface area contributed by atoms with Crippen LogP contribution in [0.2, 0.25) is 5.02 Å². The molecule has 10 heteroatoms. The van der Waals surface area contributed by atoms with Gasteiger partial charge in [-0.25, -0.2) is 0 Å². The van der Waals surface area contributed by atoms with E-state index in [9.17, 15) is 19.7 Å². The molecule has 0 spiro atoms. The van der Waals surface area contributed by atoms with Crippen LogP contribution in [0.4, 0.5) is 11.4 Å². The van der Waals surface area contributed by atoms with Crippen molar-refractivity contribution >= 4 is 34.8 Å². The van der Waals surface area contributed by atoms with Crippen LogP contribution < -0.4 is 20.1 Å². The fraction of sp³-hybridized carbons (Fsp3) is 0.417. The Bertz CT molecular complexity index is 1030. The molecule has 2 N–H and O–H groups in total. The number of anilines is 1. The van der Waals surface area contributed by atoms with Gasteiger partial charge in [0.05, 0.1) is 34.8 Å². The molecule has 0 unspecified atom stereocenters. The third kappa shape index (κ3) is 7.08. The maximum absolute atomic E-state index is 13.1. The van der Waals surface area contributed by atoms with Crippen LogP contribution in [-0.2, 0) is 4.79 Å². The number of nitro groups is 1. The second kappa shape index (κ2) is 12.8. The Morgan fingerprint density at radius 3 is 2.18 bits per heavy atom. The highest BCUT2D eigenvalue weighted by molar-refractivity contribution is 6.33. The lowest BCUT2D eigenvalue weighted by atomic mass is 10.0.